The van der Waals surface area contributed by atoms with Crippen LogP contribution in [-0.4, -0.2) is 22.8 Å². The van der Waals surface area contributed by atoms with Crippen LogP contribution < -0.4 is 10.6 Å². The van der Waals surface area contributed by atoms with Gasteiger partial charge in [-0.3, -0.25) is 14.9 Å². The van der Waals surface area contributed by atoms with Crippen molar-refractivity contribution in [2.45, 2.75) is 18.9 Å². The highest BCUT2D eigenvalue weighted by atomic mass is 35.5. The first-order valence-electron chi connectivity index (χ1n) is 4.97. The van der Waals surface area contributed by atoms with Gasteiger partial charge in [0.25, 0.3) is 0 Å². The molecule has 1 fully saturated rings. The lowest BCUT2D eigenvalue weighted by Gasteiger charge is -2.22. The van der Waals surface area contributed by atoms with Gasteiger partial charge in [-0.2, -0.15) is 0 Å². The van der Waals surface area contributed by atoms with E-state index in [1.807, 2.05) is 0 Å². The number of amides is 2. The average Bonchev–Trinajstić information content (AvgIpc) is 2.25. The first-order valence-corrected chi connectivity index (χ1v) is 5.73. The molecule has 17 heavy (non-hydrogen) atoms. The molecule has 1 aliphatic heterocycles. The van der Waals surface area contributed by atoms with Gasteiger partial charge in [-0.15, -0.1) is 0 Å². The number of imide groups is 1. The van der Waals surface area contributed by atoms with Crippen LogP contribution in [0.25, 0.3) is 0 Å². The fraction of sp³-hybridized carbons (Fsp3) is 0.300. The number of hydrogen-bond donors (Lipinski definition) is 2. The summed E-state index contributed by atoms with van der Waals surface area (Å²) in [6.07, 6.45) is 2.15. The number of nitrogens with zero attached hydrogens (tertiary/aromatic N) is 1. The molecule has 0 saturated carbocycles. The zero-order valence-corrected chi connectivity index (χ0v) is 10.2. The van der Waals surface area contributed by atoms with Crippen LogP contribution in [0.1, 0.15) is 12.8 Å². The summed E-state index contributed by atoms with van der Waals surface area (Å²) in [5.74, 6) is -0.247. The van der Waals surface area contributed by atoms with Crippen LogP contribution in [0.2, 0.25) is 10.0 Å². The molecule has 2 heterocycles. The van der Waals surface area contributed by atoms with E-state index in [0.717, 1.165) is 0 Å². The van der Waals surface area contributed by atoms with Crippen molar-refractivity contribution in [3.05, 3.63) is 22.3 Å². The lowest BCUT2D eigenvalue weighted by atomic mass is 10.1. The molecule has 2 N–H and O–H groups in total. The summed E-state index contributed by atoms with van der Waals surface area (Å²) in [7, 11) is 0. The Morgan fingerprint density at radius 1 is 1.41 bits per heavy atom. The smallest absolute Gasteiger partial charge is 0.249 e. The molecule has 2 rings (SSSR count). The third kappa shape index (κ3) is 2.87. The lowest BCUT2D eigenvalue weighted by molar-refractivity contribution is -0.133. The Bertz CT molecular complexity index is 479. The summed E-state index contributed by atoms with van der Waals surface area (Å²) in [6, 6.07) is 1.03. The number of anilines is 1. The van der Waals surface area contributed by atoms with Crippen molar-refractivity contribution in [3.63, 3.8) is 0 Å². The number of pyridine rings is 1. The van der Waals surface area contributed by atoms with Crippen molar-refractivity contribution in [2.24, 2.45) is 0 Å². The monoisotopic (exact) mass is 273 g/mol. The molecule has 0 aromatic carbocycles. The molecule has 1 atom stereocenters. The number of carbonyl (C=O) groups excluding carboxylic acids is 2. The SMILES string of the molecule is O=C1CCC(Nc2ncc(Cl)cc2Cl)C(=O)N1. The van der Waals surface area contributed by atoms with Crippen molar-refractivity contribution in [1.29, 1.82) is 0 Å². The van der Waals surface area contributed by atoms with Crippen molar-refractivity contribution < 1.29 is 9.59 Å². The molecule has 1 aromatic heterocycles. The fourth-order valence-electron chi connectivity index (χ4n) is 1.52. The quantitative estimate of drug-likeness (QED) is 0.804. The molecule has 1 unspecified atom stereocenters. The van der Waals surface area contributed by atoms with Gasteiger partial charge in [0.1, 0.15) is 11.9 Å². The van der Waals surface area contributed by atoms with E-state index in [2.05, 4.69) is 15.6 Å². The van der Waals surface area contributed by atoms with Gasteiger partial charge in [0, 0.05) is 12.6 Å². The summed E-state index contributed by atoms with van der Waals surface area (Å²) in [5, 5.41) is 5.88. The van der Waals surface area contributed by atoms with Gasteiger partial charge in [-0.05, 0) is 12.5 Å². The molecule has 0 aliphatic carbocycles. The number of rotatable bonds is 2. The van der Waals surface area contributed by atoms with Gasteiger partial charge in [0.05, 0.1) is 10.0 Å². The van der Waals surface area contributed by atoms with E-state index in [1.54, 1.807) is 0 Å². The second kappa shape index (κ2) is 4.89. The zero-order chi connectivity index (χ0) is 12.4. The molecule has 90 valence electrons. The fourth-order valence-corrected chi connectivity index (χ4v) is 1.95. The van der Waals surface area contributed by atoms with Crippen LogP contribution in [0.15, 0.2) is 12.3 Å². The third-order valence-electron chi connectivity index (χ3n) is 2.36. The van der Waals surface area contributed by atoms with Crippen LogP contribution in [0, 0.1) is 0 Å². The van der Waals surface area contributed by atoms with Crippen LogP contribution in [0.3, 0.4) is 0 Å². The van der Waals surface area contributed by atoms with E-state index in [-0.39, 0.29) is 11.8 Å². The summed E-state index contributed by atoms with van der Waals surface area (Å²) in [4.78, 5) is 26.4. The normalized spacial score (nSPS) is 20.0. The van der Waals surface area contributed by atoms with Gasteiger partial charge in [0.2, 0.25) is 11.8 Å². The molecule has 0 bridgehead atoms. The Labute approximate surface area is 107 Å². The van der Waals surface area contributed by atoms with Crippen molar-refractivity contribution >= 4 is 40.8 Å². The van der Waals surface area contributed by atoms with Crippen molar-refractivity contribution in [2.75, 3.05) is 5.32 Å². The highest BCUT2D eigenvalue weighted by molar-refractivity contribution is 6.36. The average molecular weight is 274 g/mol. The maximum atomic E-state index is 11.5. The number of halogens is 2. The van der Waals surface area contributed by atoms with E-state index >= 15 is 0 Å². The minimum absolute atomic E-state index is 0.261. The summed E-state index contributed by atoms with van der Waals surface area (Å²) in [5.41, 5.74) is 0. The lowest BCUT2D eigenvalue weighted by Crippen LogP contribution is -2.47. The number of nitrogens with one attached hydrogen (secondary N) is 2. The van der Waals surface area contributed by atoms with E-state index in [1.165, 1.54) is 12.3 Å². The van der Waals surface area contributed by atoms with Crippen molar-refractivity contribution in [3.8, 4) is 0 Å². The number of aromatic nitrogens is 1. The first kappa shape index (κ1) is 12.1. The van der Waals surface area contributed by atoms with E-state index in [0.29, 0.717) is 28.7 Å². The second-order valence-electron chi connectivity index (χ2n) is 3.63. The predicted octanol–water partition coefficient (Wildman–Crippen LogP) is 1.61. The molecule has 5 nitrogen and oxygen atoms in total. The minimum atomic E-state index is -0.501. The molecular weight excluding hydrogens is 265 g/mol. The van der Waals surface area contributed by atoms with E-state index in [4.69, 9.17) is 23.2 Å². The van der Waals surface area contributed by atoms with Gasteiger partial charge < -0.3 is 5.32 Å². The Kier molecular flexibility index (Phi) is 3.49. The predicted molar refractivity (Wildman–Crippen MR) is 64.1 cm³/mol. The van der Waals surface area contributed by atoms with Crippen LogP contribution in [0.5, 0.6) is 0 Å². The maximum absolute atomic E-state index is 11.5. The van der Waals surface area contributed by atoms with Crippen molar-refractivity contribution in [1.82, 2.24) is 10.3 Å². The molecule has 7 heteroatoms. The number of piperidine rings is 1. The maximum Gasteiger partial charge on any atom is 0.249 e. The molecule has 1 aliphatic rings. The molecule has 0 radical (unpaired) electrons. The molecule has 2 amide bonds. The molecule has 0 spiro atoms. The van der Waals surface area contributed by atoms with Crippen LogP contribution in [-0.2, 0) is 9.59 Å². The van der Waals surface area contributed by atoms with Crippen LogP contribution in [0.4, 0.5) is 5.82 Å². The summed E-state index contributed by atoms with van der Waals surface area (Å²) in [6.45, 7) is 0. The topological polar surface area (TPSA) is 71.1 Å². The molecule has 1 saturated heterocycles. The highest BCUT2D eigenvalue weighted by Crippen LogP contribution is 2.24. The second-order valence-corrected chi connectivity index (χ2v) is 4.48. The largest absolute Gasteiger partial charge is 0.357 e. The Morgan fingerprint density at radius 3 is 2.82 bits per heavy atom. The highest BCUT2D eigenvalue weighted by Gasteiger charge is 2.27. The van der Waals surface area contributed by atoms with Crippen LogP contribution >= 0.6 is 23.2 Å². The number of carbonyl (C=O) groups is 2. The zero-order valence-electron chi connectivity index (χ0n) is 8.67. The Balaban J connectivity index is 2.10. The van der Waals surface area contributed by atoms with E-state index in [9.17, 15) is 9.59 Å². The molecule has 1 aromatic rings. The van der Waals surface area contributed by atoms with Gasteiger partial charge in [-0.1, -0.05) is 23.2 Å². The minimum Gasteiger partial charge on any atom is -0.357 e. The number of hydrogen-bond acceptors (Lipinski definition) is 4. The summed E-state index contributed by atoms with van der Waals surface area (Å²) >= 11 is 11.6. The van der Waals surface area contributed by atoms with Gasteiger partial charge in [0.15, 0.2) is 0 Å². The standard InChI is InChI=1S/C10H9Cl2N3O2/c11-5-3-6(12)9(13-4-5)14-7-1-2-8(16)15-10(7)17/h3-4,7H,1-2H2,(H,13,14)(H,15,16,17). The Morgan fingerprint density at radius 2 is 2.18 bits per heavy atom. The van der Waals surface area contributed by atoms with Gasteiger partial charge in [-0.25, -0.2) is 4.98 Å². The van der Waals surface area contributed by atoms with Gasteiger partial charge >= 0.3 is 0 Å². The Hall–Kier alpha value is -1.33. The first-order chi connectivity index (χ1) is 8.06. The third-order valence-corrected chi connectivity index (χ3v) is 2.85. The molecular formula is C10H9Cl2N3O2. The summed E-state index contributed by atoms with van der Waals surface area (Å²) < 4.78 is 0. The van der Waals surface area contributed by atoms with E-state index < -0.39 is 6.04 Å².